The smallest absolute Gasteiger partial charge is 0.278 e. The minimum Gasteiger partial charge on any atom is -0.365 e. The Morgan fingerprint density at radius 3 is 2.78 bits per heavy atom. The van der Waals surface area contributed by atoms with Crippen LogP contribution in [0, 0.1) is 19.7 Å². The second-order valence-electron chi connectivity index (χ2n) is 6.69. The molecule has 2 aromatic carbocycles. The van der Waals surface area contributed by atoms with Crippen molar-refractivity contribution in [2.24, 2.45) is 0 Å². The molecule has 0 fully saturated rings. The molecular formula is C20H19FN4O2. The van der Waals surface area contributed by atoms with Crippen LogP contribution in [-0.4, -0.2) is 20.9 Å². The number of nitrogens with zero attached hydrogens (tertiary/aromatic N) is 3. The molecular weight excluding hydrogens is 347 g/mol. The van der Waals surface area contributed by atoms with Crippen LogP contribution in [0.1, 0.15) is 39.0 Å². The molecule has 1 N–H and O–H groups in total. The molecule has 0 aliphatic carbocycles. The van der Waals surface area contributed by atoms with E-state index in [9.17, 15) is 9.18 Å². The third kappa shape index (κ3) is 3.46. The average molecular weight is 366 g/mol. The lowest BCUT2D eigenvalue weighted by Crippen LogP contribution is -2.24. The third-order valence-electron chi connectivity index (χ3n) is 4.70. The van der Waals surface area contributed by atoms with Crippen LogP contribution in [0.25, 0.3) is 0 Å². The van der Waals surface area contributed by atoms with Gasteiger partial charge in [-0.1, -0.05) is 29.5 Å². The molecule has 7 heteroatoms. The van der Waals surface area contributed by atoms with Gasteiger partial charge < -0.3 is 10.1 Å². The van der Waals surface area contributed by atoms with E-state index in [1.165, 1.54) is 12.1 Å². The number of rotatable bonds is 3. The summed E-state index contributed by atoms with van der Waals surface area (Å²) in [7, 11) is 0. The van der Waals surface area contributed by atoms with Gasteiger partial charge in [0.05, 0.1) is 18.8 Å². The molecule has 1 amide bonds. The predicted molar refractivity (Wildman–Crippen MR) is 97.8 cm³/mol. The SMILES string of the molecule is Cc1ccc(C)c(NC(=O)c2nnn3c2COC(c2ccc(F)cc2)C3)c1. The minimum atomic E-state index is -0.311. The quantitative estimate of drug-likeness (QED) is 0.770. The monoisotopic (exact) mass is 366 g/mol. The summed E-state index contributed by atoms with van der Waals surface area (Å²) in [6, 6.07) is 12.1. The van der Waals surface area contributed by atoms with Crippen LogP contribution < -0.4 is 5.32 Å². The van der Waals surface area contributed by atoms with Crippen molar-refractivity contribution < 1.29 is 13.9 Å². The fourth-order valence-corrected chi connectivity index (χ4v) is 3.12. The Bertz CT molecular complexity index is 998. The number of nitrogens with one attached hydrogen (secondary N) is 1. The molecule has 27 heavy (non-hydrogen) atoms. The molecule has 2 heterocycles. The van der Waals surface area contributed by atoms with Gasteiger partial charge in [0.1, 0.15) is 11.9 Å². The summed E-state index contributed by atoms with van der Waals surface area (Å²) in [5.41, 5.74) is 4.54. The number of amides is 1. The summed E-state index contributed by atoms with van der Waals surface area (Å²) in [5.74, 6) is -0.602. The number of hydrogen-bond acceptors (Lipinski definition) is 4. The fraction of sp³-hybridized carbons (Fsp3) is 0.250. The summed E-state index contributed by atoms with van der Waals surface area (Å²) >= 11 is 0. The maximum absolute atomic E-state index is 13.1. The highest BCUT2D eigenvalue weighted by molar-refractivity contribution is 6.04. The molecule has 1 atom stereocenters. The first-order valence-electron chi connectivity index (χ1n) is 8.69. The second-order valence-corrected chi connectivity index (χ2v) is 6.69. The van der Waals surface area contributed by atoms with Crippen LogP contribution in [0.2, 0.25) is 0 Å². The molecule has 0 bridgehead atoms. The Morgan fingerprint density at radius 1 is 1.22 bits per heavy atom. The summed E-state index contributed by atoms with van der Waals surface area (Å²) in [6.45, 7) is 4.54. The molecule has 6 nitrogen and oxygen atoms in total. The number of aryl methyl sites for hydroxylation is 2. The standard InChI is InChI=1S/C20H19FN4O2/c1-12-3-4-13(2)16(9-12)22-20(26)19-17-11-27-18(10-25(17)24-23-19)14-5-7-15(21)8-6-14/h3-9,18H,10-11H2,1-2H3,(H,22,26). The van der Waals surface area contributed by atoms with E-state index in [2.05, 4.69) is 15.6 Å². The zero-order valence-corrected chi connectivity index (χ0v) is 15.1. The molecule has 0 saturated heterocycles. The molecule has 0 spiro atoms. The van der Waals surface area contributed by atoms with Gasteiger partial charge in [-0.05, 0) is 48.7 Å². The molecule has 1 aliphatic heterocycles. The van der Waals surface area contributed by atoms with Gasteiger partial charge in [0.2, 0.25) is 0 Å². The van der Waals surface area contributed by atoms with Crippen LogP contribution in [0.5, 0.6) is 0 Å². The van der Waals surface area contributed by atoms with Crippen molar-refractivity contribution in [1.29, 1.82) is 0 Å². The largest absolute Gasteiger partial charge is 0.365 e. The Kier molecular flexibility index (Phi) is 4.45. The summed E-state index contributed by atoms with van der Waals surface area (Å²) in [6.07, 6.45) is -0.255. The molecule has 3 aromatic rings. The van der Waals surface area contributed by atoms with Crippen molar-refractivity contribution in [2.75, 3.05) is 5.32 Å². The number of carbonyl (C=O) groups excluding carboxylic acids is 1. The lowest BCUT2D eigenvalue weighted by atomic mass is 10.1. The van der Waals surface area contributed by atoms with Gasteiger partial charge in [0.15, 0.2) is 5.69 Å². The Labute approximate surface area is 156 Å². The molecule has 0 saturated carbocycles. The molecule has 138 valence electrons. The number of ether oxygens (including phenoxy) is 1. The van der Waals surface area contributed by atoms with Crippen molar-refractivity contribution >= 4 is 11.6 Å². The number of aromatic nitrogens is 3. The summed E-state index contributed by atoms with van der Waals surface area (Å²) in [4.78, 5) is 12.7. The zero-order chi connectivity index (χ0) is 19.0. The normalized spacial score (nSPS) is 16.0. The maximum Gasteiger partial charge on any atom is 0.278 e. The Hall–Kier alpha value is -3.06. The highest BCUT2D eigenvalue weighted by atomic mass is 19.1. The predicted octanol–water partition coefficient (Wildman–Crippen LogP) is 3.56. The molecule has 4 rings (SSSR count). The average Bonchev–Trinajstić information content (AvgIpc) is 3.08. The number of hydrogen-bond donors (Lipinski definition) is 1. The van der Waals surface area contributed by atoms with Crippen molar-refractivity contribution in [1.82, 2.24) is 15.0 Å². The van der Waals surface area contributed by atoms with E-state index in [1.54, 1.807) is 16.8 Å². The van der Waals surface area contributed by atoms with Gasteiger partial charge in [-0.25, -0.2) is 9.07 Å². The topological polar surface area (TPSA) is 69.0 Å². The van der Waals surface area contributed by atoms with E-state index < -0.39 is 0 Å². The number of benzene rings is 2. The zero-order valence-electron chi connectivity index (χ0n) is 15.1. The van der Waals surface area contributed by atoms with Gasteiger partial charge >= 0.3 is 0 Å². The first kappa shape index (κ1) is 17.4. The van der Waals surface area contributed by atoms with Gasteiger partial charge in [-0.2, -0.15) is 0 Å². The van der Waals surface area contributed by atoms with Crippen molar-refractivity contribution in [3.8, 4) is 0 Å². The lowest BCUT2D eigenvalue weighted by molar-refractivity contribution is -0.00174. The van der Waals surface area contributed by atoms with E-state index in [-0.39, 0.29) is 30.1 Å². The van der Waals surface area contributed by atoms with Crippen molar-refractivity contribution in [3.05, 3.63) is 76.4 Å². The number of fused-ring (bicyclic) bond motifs is 1. The fourth-order valence-electron chi connectivity index (χ4n) is 3.12. The number of halogens is 1. The second kappa shape index (κ2) is 6.92. The van der Waals surface area contributed by atoms with E-state index >= 15 is 0 Å². The van der Waals surface area contributed by atoms with Crippen molar-refractivity contribution in [3.63, 3.8) is 0 Å². The van der Waals surface area contributed by atoms with Gasteiger partial charge in [-0.15, -0.1) is 5.10 Å². The van der Waals surface area contributed by atoms with Crippen LogP contribution in [0.4, 0.5) is 10.1 Å². The van der Waals surface area contributed by atoms with Crippen LogP contribution in [-0.2, 0) is 17.9 Å². The van der Waals surface area contributed by atoms with Gasteiger partial charge in [0.25, 0.3) is 5.91 Å². The highest BCUT2D eigenvalue weighted by Crippen LogP contribution is 2.27. The molecule has 1 aliphatic rings. The Morgan fingerprint density at radius 2 is 2.00 bits per heavy atom. The van der Waals surface area contributed by atoms with Gasteiger partial charge in [-0.3, -0.25) is 4.79 Å². The maximum atomic E-state index is 13.1. The summed E-state index contributed by atoms with van der Waals surface area (Å²) in [5, 5.41) is 11.1. The lowest BCUT2D eigenvalue weighted by Gasteiger charge is -2.24. The highest BCUT2D eigenvalue weighted by Gasteiger charge is 2.28. The van der Waals surface area contributed by atoms with Crippen molar-refractivity contribution in [2.45, 2.75) is 33.1 Å². The van der Waals surface area contributed by atoms with Crippen LogP contribution >= 0.6 is 0 Å². The first-order valence-corrected chi connectivity index (χ1v) is 8.69. The molecule has 1 unspecified atom stereocenters. The summed E-state index contributed by atoms with van der Waals surface area (Å²) < 4.78 is 20.6. The van der Waals surface area contributed by atoms with Crippen LogP contribution in [0.15, 0.2) is 42.5 Å². The van der Waals surface area contributed by atoms with Gasteiger partial charge in [0, 0.05) is 5.69 Å². The molecule has 1 aromatic heterocycles. The van der Waals surface area contributed by atoms with E-state index in [0.29, 0.717) is 12.2 Å². The molecule has 0 radical (unpaired) electrons. The minimum absolute atomic E-state index is 0.213. The number of carbonyl (C=O) groups is 1. The van der Waals surface area contributed by atoms with E-state index in [4.69, 9.17) is 4.74 Å². The van der Waals surface area contributed by atoms with Crippen LogP contribution in [0.3, 0.4) is 0 Å². The van der Waals surface area contributed by atoms with E-state index in [1.807, 2.05) is 32.0 Å². The van der Waals surface area contributed by atoms with E-state index in [0.717, 1.165) is 22.4 Å². The third-order valence-corrected chi connectivity index (χ3v) is 4.70. The number of anilines is 1. The first-order chi connectivity index (χ1) is 13.0. The Balaban J connectivity index is 1.53.